The molecule has 94 valence electrons. The van der Waals surface area contributed by atoms with Crippen molar-refractivity contribution in [2.24, 2.45) is 0 Å². The van der Waals surface area contributed by atoms with Crippen LogP contribution in [0.5, 0.6) is 0 Å². The molecule has 1 fully saturated rings. The van der Waals surface area contributed by atoms with Crippen LogP contribution in [0.1, 0.15) is 23.2 Å². The van der Waals surface area contributed by atoms with Gasteiger partial charge in [-0.1, -0.05) is 11.6 Å². The predicted octanol–water partition coefficient (Wildman–Crippen LogP) is 0.160. The summed E-state index contributed by atoms with van der Waals surface area (Å²) in [5.74, 6) is -0.577. The summed E-state index contributed by atoms with van der Waals surface area (Å²) in [4.78, 5) is 40.9. The second kappa shape index (κ2) is 5.09. The van der Waals surface area contributed by atoms with Gasteiger partial charge in [0.1, 0.15) is 23.3 Å². The summed E-state index contributed by atoms with van der Waals surface area (Å²) in [6, 6.07) is -0.618. The van der Waals surface area contributed by atoms with Gasteiger partial charge >= 0.3 is 0 Å². The normalized spacial score (nSPS) is 19.3. The molecule has 1 atom stereocenters. The van der Waals surface area contributed by atoms with Gasteiger partial charge in [0.05, 0.1) is 5.56 Å². The number of amides is 2. The van der Waals surface area contributed by atoms with Gasteiger partial charge in [-0.25, -0.2) is 9.97 Å². The third kappa shape index (κ3) is 2.45. The van der Waals surface area contributed by atoms with E-state index in [9.17, 15) is 14.4 Å². The quantitative estimate of drug-likeness (QED) is 0.460. The van der Waals surface area contributed by atoms with Crippen LogP contribution in [0.2, 0.25) is 5.15 Å². The highest BCUT2D eigenvalue weighted by atomic mass is 35.5. The van der Waals surface area contributed by atoms with Crippen LogP contribution in [0.3, 0.4) is 0 Å². The average Bonchev–Trinajstić information content (AvgIpc) is 2.33. The van der Waals surface area contributed by atoms with E-state index in [4.69, 9.17) is 11.6 Å². The minimum atomic E-state index is -0.618. The second-order valence-corrected chi connectivity index (χ2v) is 4.05. The van der Waals surface area contributed by atoms with Crippen LogP contribution in [-0.2, 0) is 9.59 Å². The molecule has 0 spiro atoms. The summed E-state index contributed by atoms with van der Waals surface area (Å²) in [7, 11) is 0. The molecule has 2 N–H and O–H groups in total. The minimum absolute atomic E-state index is 0.00907. The molecule has 1 aliphatic rings. The Hall–Kier alpha value is -2.02. The van der Waals surface area contributed by atoms with E-state index in [1.165, 1.54) is 6.33 Å². The Bertz CT molecular complexity index is 520. The van der Waals surface area contributed by atoms with Gasteiger partial charge in [-0.05, 0) is 6.42 Å². The fraction of sp³-hybridized carbons (Fsp3) is 0.300. The maximum Gasteiger partial charge on any atom is 0.249 e. The molecule has 2 rings (SSSR count). The molecule has 7 nitrogen and oxygen atoms in total. The van der Waals surface area contributed by atoms with Crippen LogP contribution in [0.4, 0.5) is 5.82 Å². The average molecular weight is 269 g/mol. The molecule has 1 aromatic heterocycles. The molecule has 1 unspecified atom stereocenters. The zero-order chi connectivity index (χ0) is 13.1. The lowest BCUT2D eigenvalue weighted by atomic mass is 10.1. The van der Waals surface area contributed by atoms with Crippen LogP contribution in [0.15, 0.2) is 6.33 Å². The van der Waals surface area contributed by atoms with Gasteiger partial charge in [0.25, 0.3) is 0 Å². The Kier molecular flexibility index (Phi) is 3.52. The first-order valence-corrected chi connectivity index (χ1v) is 5.55. The number of nitrogens with one attached hydrogen (secondary N) is 2. The van der Waals surface area contributed by atoms with Crippen molar-refractivity contribution in [1.82, 2.24) is 15.3 Å². The molecule has 1 aromatic rings. The molecule has 18 heavy (non-hydrogen) atoms. The van der Waals surface area contributed by atoms with Crippen molar-refractivity contribution in [3.8, 4) is 0 Å². The van der Waals surface area contributed by atoms with Crippen molar-refractivity contribution >= 4 is 35.5 Å². The van der Waals surface area contributed by atoms with E-state index in [-0.39, 0.29) is 28.9 Å². The molecule has 1 aliphatic heterocycles. The third-order valence-electron chi connectivity index (χ3n) is 2.50. The predicted molar refractivity (Wildman–Crippen MR) is 62.2 cm³/mol. The first-order valence-electron chi connectivity index (χ1n) is 5.17. The SMILES string of the molecule is O=Cc1c(Cl)ncnc1NC1CCC(=O)NC1=O. The first kappa shape index (κ1) is 12.4. The fourth-order valence-electron chi connectivity index (χ4n) is 1.59. The van der Waals surface area contributed by atoms with Gasteiger partial charge in [-0.2, -0.15) is 0 Å². The summed E-state index contributed by atoms with van der Waals surface area (Å²) in [5, 5.41) is 4.99. The Labute approximate surface area is 107 Å². The molecule has 0 saturated carbocycles. The summed E-state index contributed by atoms with van der Waals surface area (Å²) in [6.07, 6.45) is 2.27. The third-order valence-corrected chi connectivity index (χ3v) is 2.80. The van der Waals surface area contributed by atoms with Crippen LogP contribution in [0.25, 0.3) is 0 Å². The van der Waals surface area contributed by atoms with E-state index in [1.807, 2.05) is 0 Å². The largest absolute Gasteiger partial charge is 0.358 e. The Morgan fingerprint density at radius 2 is 2.22 bits per heavy atom. The first-order chi connectivity index (χ1) is 8.61. The van der Waals surface area contributed by atoms with Crippen molar-refractivity contribution in [2.75, 3.05) is 5.32 Å². The van der Waals surface area contributed by atoms with Crippen molar-refractivity contribution in [3.63, 3.8) is 0 Å². The number of carbonyl (C=O) groups excluding carboxylic acids is 3. The highest BCUT2D eigenvalue weighted by Gasteiger charge is 2.27. The number of aldehydes is 1. The molecule has 0 bridgehead atoms. The van der Waals surface area contributed by atoms with E-state index >= 15 is 0 Å². The lowest BCUT2D eigenvalue weighted by Gasteiger charge is -2.22. The summed E-state index contributed by atoms with van der Waals surface area (Å²) in [6.45, 7) is 0. The summed E-state index contributed by atoms with van der Waals surface area (Å²) in [5.41, 5.74) is 0.0869. The van der Waals surface area contributed by atoms with Crippen LogP contribution >= 0.6 is 11.6 Å². The lowest BCUT2D eigenvalue weighted by molar-refractivity contribution is -0.133. The smallest absolute Gasteiger partial charge is 0.249 e. The van der Waals surface area contributed by atoms with Gasteiger partial charge in [0.15, 0.2) is 6.29 Å². The highest BCUT2D eigenvalue weighted by molar-refractivity contribution is 6.32. The zero-order valence-electron chi connectivity index (χ0n) is 9.14. The number of piperidine rings is 1. The van der Waals surface area contributed by atoms with Crippen LogP contribution < -0.4 is 10.6 Å². The maximum absolute atomic E-state index is 11.5. The number of rotatable bonds is 3. The number of hydrogen-bond donors (Lipinski definition) is 2. The number of hydrogen-bond acceptors (Lipinski definition) is 6. The van der Waals surface area contributed by atoms with Crippen molar-refractivity contribution in [3.05, 3.63) is 17.0 Å². The van der Waals surface area contributed by atoms with Crippen molar-refractivity contribution < 1.29 is 14.4 Å². The van der Waals surface area contributed by atoms with Gasteiger partial charge in [-0.15, -0.1) is 0 Å². The van der Waals surface area contributed by atoms with E-state index in [2.05, 4.69) is 20.6 Å². The fourth-order valence-corrected chi connectivity index (χ4v) is 1.77. The number of imide groups is 1. The van der Waals surface area contributed by atoms with E-state index in [0.717, 1.165) is 0 Å². The topological polar surface area (TPSA) is 101 Å². The molecule has 8 heteroatoms. The molecule has 0 aliphatic carbocycles. The number of aromatic nitrogens is 2. The van der Waals surface area contributed by atoms with Crippen LogP contribution in [0, 0.1) is 0 Å². The molecule has 0 radical (unpaired) electrons. The summed E-state index contributed by atoms with van der Waals surface area (Å²) < 4.78 is 0. The number of anilines is 1. The lowest BCUT2D eigenvalue weighted by Crippen LogP contribution is -2.47. The number of nitrogens with zero attached hydrogens (tertiary/aromatic N) is 2. The highest BCUT2D eigenvalue weighted by Crippen LogP contribution is 2.19. The monoisotopic (exact) mass is 268 g/mol. The van der Waals surface area contributed by atoms with Gasteiger partial charge in [-0.3, -0.25) is 19.7 Å². The Morgan fingerprint density at radius 3 is 2.89 bits per heavy atom. The van der Waals surface area contributed by atoms with E-state index in [1.54, 1.807) is 0 Å². The molecule has 2 amide bonds. The maximum atomic E-state index is 11.5. The van der Waals surface area contributed by atoms with Gasteiger partial charge < -0.3 is 5.32 Å². The standard InChI is InChI=1S/C10H9ClN4O3/c11-8-5(3-16)9(13-4-12-8)14-6-1-2-7(17)15-10(6)18/h3-4,6H,1-2H2,(H,12,13,14)(H,15,17,18). The molecule has 2 heterocycles. The van der Waals surface area contributed by atoms with Crippen molar-refractivity contribution in [1.29, 1.82) is 0 Å². The molecule has 1 saturated heterocycles. The zero-order valence-corrected chi connectivity index (χ0v) is 9.90. The second-order valence-electron chi connectivity index (χ2n) is 3.69. The van der Waals surface area contributed by atoms with Crippen LogP contribution in [-0.4, -0.2) is 34.1 Å². The minimum Gasteiger partial charge on any atom is -0.358 e. The molecule has 0 aromatic carbocycles. The van der Waals surface area contributed by atoms with Crippen molar-refractivity contribution in [2.45, 2.75) is 18.9 Å². The molecular formula is C10H9ClN4O3. The van der Waals surface area contributed by atoms with Gasteiger partial charge in [0, 0.05) is 6.42 Å². The summed E-state index contributed by atoms with van der Waals surface area (Å²) >= 11 is 5.73. The number of halogens is 1. The van der Waals surface area contributed by atoms with E-state index < -0.39 is 11.9 Å². The van der Waals surface area contributed by atoms with Gasteiger partial charge in [0.2, 0.25) is 11.8 Å². The van der Waals surface area contributed by atoms with E-state index in [0.29, 0.717) is 12.7 Å². The Morgan fingerprint density at radius 1 is 1.44 bits per heavy atom. The molecular weight excluding hydrogens is 260 g/mol. The Balaban J connectivity index is 2.19. The number of carbonyl (C=O) groups is 3.